The number of carbonyl (C=O) groups is 3. The maximum Gasteiger partial charge on any atom is 0.410 e. The van der Waals surface area contributed by atoms with E-state index in [1.54, 1.807) is 4.90 Å². The van der Waals surface area contributed by atoms with Gasteiger partial charge in [-0.2, -0.15) is 0 Å². The quantitative estimate of drug-likeness (QED) is 0.226. The SMILES string of the molecule is C[B]CCOC(=O)C(CC1CCN(C(=O)OC(C)(C)C)CC1)C(=O)OC. The number of rotatable bonds is 7. The molecule has 26 heavy (non-hydrogen) atoms. The first-order chi connectivity index (χ1) is 12.2. The Balaban J connectivity index is 2.54. The topological polar surface area (TPSA) is 82.1 Å². The molecular formula is C18H31BNO6. The normalized spacial score (nSPS) is 16.6. The molecule has 1 radical (unpaired) electrons. The summed E-state index contributed by atoms with van der Waals surface area (Å²) in [5.74, 6) is -1.85. The van der Waals surface area contributed by atoms with Gasteiger partial charge in [0.1, 0.15) is 12.9 Å². The highest BCUT2D eigenvalue weighted by Gasteiger charge is 2.34. The number of esters is 2. The standard InChI is InChI=1S/C18H31BNO6/c1-18(2,3)26-17(23)20-9-6-13(7-10-20)12-14(15(21)24-5)16(22)25-11-8-19-4/h13-14H,6-12H2,1-5H3. The molecule has 0 aromatic carbocycles. The van der Waals surface area contributed by atoms with E-state index >= 15 is 0 Å². The van der Waals surface area contributed by atoms with Crippen molar-refractivity contribution in [2.75, 3.05) is 26.8 Å². The second-order valence-corrected chi connectivity index (χ2v) is 7.59. The summed E-state index contributed by atoms with van der Waals surface area (Å²) < 4.78 is 15.3. The van der Waals surface area contributed by atoms with Gasteiger partial charge in [-0.3, -0.25) is 9.59 Å². The van der Waals surface area contributed by atoms with Crippen molar-refractivity contribution in [3.8, 4) is 0 Å². The fourth-order valence-corrected chi connectivity index (χ4v) is 2.82. The Labute approximate surface area is 157 Å². The van der Waals surface area contributed by atoms with E-state index in [0.29, 0.717) is 38.7 Å². The molecule has 1 unspecified atom stereocenters. The zero-order valence-corrected chi connectivity index (χ0v) is 16.6. The van der Waals surface area contributed by atoms with E-state index in [1.165, 1.54) is 7.11 Å². The lowest BCUT2D eigenvalue weighted by atomic mass is 9.79. The minimum Gasteiger partial charge on any atom is -0.468 e. The number of nitrogens with zero attached hydrogens (tertiary/aromatic N) is 1. The molecule has 1 amide bonds. The smallest absolute Gasteiger partial charge is 0.410 e. The van der Waals surface area contributed by atoms with Crippen molar-refractivity contribution in [2.45, 2.75) is 58.8 Å². The molecule has 1 rings (SSSR count). The number of piperidine rings is 1. The molecule has 1 saturated heterocycles. The van der Waals surface area contributed by atoms with Gasteiger partial charge in [0.15, 0.2) is 5.92 Å². The molecule has 0 spiro atoms. The molecule has 0 aromatic rings. The maximum absolute atomic E-state index is 12.2. The lowest BCUT2D eigenvalue weighted by Crippen LogP contribution is -2.42. The van der Waals surface area contributed by atoms with Crippen LogP contribution in [-0.4, -0.2) is 62.6 Å². The summed E-state index contributed by atoms with van der Waals surface area (Å²) in [6.45, 7) is 8.74. The van der Waals surface area contributed by atoms with Gasteiger partial charge in [0.2, 0.25) is 0 Å². The van der Waals surface area contributed by atoms with Crippen LogP contribution in [-0.2, 0) is 23.8 Å². The molecular weight excluding hydrogens is 337 g/mol. The third-order valence-electron chi connectivity index (χ3n) is 4.26. The van der Waals surface area contributed by atoms with E-state index in [4.69, 9.17) is 14.2 Å². The lowest BCUT2D eigenvalue weighted by molar-refractivity contribution is -0.161. The largest absolute Gasteiger partial charge is 0.468 e. The van der Waals surface area contributed by atoms with Crippen LogP contribution in [0.25, 0.3) is 0 Å². The molecule has 0 aliphatic carbocycles. The third kappa shape index (κ3) is 7.66. The van der Waals surface area contributed by atoms with Crippen LogP contribution in [0, 0.1) is 11.8 Å². The van der Waals surface area contributed by atoms with Gasteiger partial charge in [-0.25, -0.2) is 4.79 Å². The van der Waals surface area contributed by atoms with E-state index in [0.717, 1.165) is 0 Å². The predicted octanol–water partition coefficient (Wildman–Crippen LogP) is 2.53. The number of hydrogen-bond acceptors (Lipinski definition) is 6. The van der Waals surface area contributed by atoms with Crippen LogP contribution in [0.15, 0.2) is 0 Å². The van der Waals surface area contributed by atoms with E-state index in [2.05, 4.69) is 0 Å². The number of amides is 1. The van der Waals surface area contributed by atoms with Crippen molar-refractivity contribution < 1.29 is 28.6 Å². The van der Waals surface area contributed by atoms with Gasteiger partial charge in [0.25, 0.3) is 0 Å². The minimum absolute atomic E-state index is 0.156. The third-order valence-corrected chi connectivity index (χ3v) is 4.26. The highest BCUT2D eigenvalue weighted by molar-refractivity contribution is 6.33. The zero-order chi connectivity index (χ0) is 19.7. The van der Waals surface area contributed by atoms with Crippen molar-refractivity contribution in [3.63, 3.8) is 0 Å². The highest BCUT2D eigenvalue weighted by atomic mass is 16.6. The van der Waals surface area contributed by atoms with E-state index < -0.39 is 23.5 Å². The van der Waals surface area contributed by atoms with Crippen LogP contribution >= 0.6 is 0 Å². The number of methoxy groups -OCH3 is 1. The Morgan fingerprint density at radius 2 is 1.77 bits per heavy atom. The zero-order valence-electron chi connectivity index (χ0n) is 16.6. The van der Waals surface area contributed by atoms with E-state index in [-0.39, 0.29) is 18.6 Å². The monoisotopic (exact) mass is 368 g/mol. The molecule has 7 nitrogen and oxygen atoms in total. The predicted molar refractivity (Wildman–Crippen MR) is 98.0 cm³/mol. The van der Waals surface area contributed by atoms with Crippen molar-refractivity contribution in [2.24, 2.45) is 11.8 Å². The first-order valence-electron chi connectivity index (χ1n) is 9.18. The lowest BCUT2D eigenvalue weighted by Gasteiger charge is -2.34. The number of hydrogen-bond donors (Lipinski definition) is 0. The van der Waals surface area contributed by atoms with Gasteiger partial charge in [0, 0.05) is 13.1 Å². The molecule has 0 aromatic heterocycles. The summed E-state index contributed by atoms with van der Waals surface area (Å²) in [7, 11) is 3.17. The summed E-state index contributed by atoms with van der Waals surface area (Å²) in [6.07, 6.45) is 2.12. The fourth-order valence-electron chi connectivity index (χ4n) is 2.82. The molecule has 1 fully saturated rings. The van der Waals surface area contributed by atoms with Crippen LogP contribution in [0.1, 0.15) is 40.0 Å². The van der Waals surface area contributed by atoms with Crippen LogP contribution in [0.5, 0.6) is 0 Å². The van der Waals surface area contributed by atoms with Gasteiger partial charge in [-0.05, 0) is 52.3 Å². The molecule has 8 heteroatoms. The molecule has 0 N–H and O–H groups in total. The van der Waals surface area contributed by atoms with Crippen LogP contribution in [0.2, 0.25) is 13.1 Å². The van der Waals surface area contributed by atoms with Gasteiger partial charge in [-0.15, -0.1) is 0 Å². The molecule has 1 aliphatic rings. The Bertz CT molecular complexity index is 483. The first kappa shape index (κ1) is 22.3. The minimum atomic E-state index is -0.907. The molecule has 0 bridgehead atoms. The molecule has 0 saturated carbocycles. The Morgan fingerprint density at radius 3 is 2.27 bits per heavy atom. The summed E-state index contributed by atoms with van der Waals surface area (Å²) in [5, 5.41) is 0. The highest BCUT2D eigenvalue weighted by Crippen LogP contribution is 2.26. The molecule has 147 valence electrons. The van der Waals surface area contributed by atoms with E-state index in [9.17, 15) is 14.4 Å². The van der Waals surface area contributed by atoms with Crippen molar-refractivity contribution in [1.82, 2.24) is 4.90 Å². The van der Waals surface area contributed by atoms with Crippen molar-refractivity contribution in [3.05, 3.63) is 0 Å². The van der Waals surface area contributed by atoms with Crippen molar-refractivity contribution >= 4 is 25.3 Å². The second kappa shape index (κ2) is 10.4. The average Bonchev–Trinajstić information content (AvgIpc) is 2.58. The number of likely N-dealkylation sites (tertiary alicyclic amines) is 1. The van der Waals surface area contributed by atoms with Gasteiger partial charge in [0.05, 0.1) is 13.7 Å². The summed E-state index contributed by atoms with van der Waals surface area (Å²) >= 11 is 0. The molecule has 1 heterocycles. The molecule has 1 atom stereocenters. The van der Waals surface area contributed by atoms with Crippen molar-refractivity contribution in [1.29, 1.82) is 0 Å². The van der Waals surface area contributed by atoms with Crippen LogP contribution in [0.3, 0.4) is 0 Å². The maximum atomic E-state index is 12.2. The first-order valence-corrected chi connectivity index (χ1v) is 9.18. The second-order valence-electron chi connectivity index (χ2n) is 7.59. The van der Waals surface area contributed by atoms with E-state index in [1.807, 2.05) is 34.9 Å². The number of ether oxygens (including phenoxy) is 3. The Kier molecular flexibility index (Phi) is 8.95. The van der Waals surface area contributed by atoms with Crippen LogP contribution < -0.4 is 0 Å². The Hall–Kier alpha value is -1.73. The summed E-state index contributed by atoms with van der Waals surface area (Å²) in [4.78, 5) is 37.9. The molecule has 1 aliphatic heterocycles. The Morgan fingerprint density at radius 1 is 1.15 bits per heavy atom. The number of carbonyl (C=O) groups excluding carboxylic acids is 3. The summed E-state index contributed by atoms with van der Waals surface area (Å²) in [6, 6.07) is 0. The van der Waals surface area contributed by atoms with Gasteiger partial charge < -0.3 is 19.1 Å². The average molecular weight is 368 g/mol. The van der Waals surface area contributed by atoms with Crippen LogP contribution in [0.4, 0.5) is 4.79 Å². The summed E-state index contributed by atoms with van der Waals surface area (Å²) in [5.41, 5.74) is -0.524. The van der Waals surface area contributed by atoms with Gasteiger partial charge in [-0.1, -0.05) is 6.82 Å². The van der Waals surface area contributed by atoms with Gasteiger partial charge >= 0.3 is 18.0 Å². The fraction of sp³-hybridized carbons (Fsp3) is 0.833.